The molecule has 0 unspecified atom stereocenters. The lowest BCUT2D eigenvalue weighted by Crippen LogP contribution is -2.68. The molecule has 0 aliphatic heterocycles. The summed E-state index contributed by atoms with van der Waals surface area (Å²) in [6.45, 7) is 8.25. The minimum absolute atomic E-state index is 0.207. The van der Waals surface area contributed by atoms with Gasteiger partial charge in [-0.05, 0) is 83.0 Å². The van der Waals surface area contributed by atoms with Gasteiger partial charge < -0.3 is 14.2 Å². The van der Waals surface area contributed by atoms with Crippen molar-refractivity contribution < 1.29 is 28.6 Å². The van der Waals surface area contributed by atoms with E-state index in [2.05, 4.69) is 20.8 Å². The normalized spacial score (nSPS) is 28.7. The van der Waals surface area contributed by atoms with Crippen molar-refractivity contribution in [3.05, 3.63) is 0 Å². The molecule has 0 amide bonds. The van der Waals surface area contributed by atoms with Gasteiger partial charge in [-0.1, -0.05) is 20.8 Å². The van der Waals surface area contributed by atoms with Gasteiger partial charge in [0.2, 0.25) is 0 Å². The molecule has 4 fully saturated rings. The second kappa shape index (κ2) is 16.5. The molecule has 230 valence electrons. The fourth-order valence-electron chi connectivity index (χ4n) is 8.01. The molecule has 0 saturated heterocycles. The van der Waals surface area contributed by atoms with Crippen LogP contribution < -0.4 is 0 Å². The Balaban J connectivity index is 1.56. The maximum absolute atomic E-state index is 11.9. The van der Waals surface area contributed by atoms with Crippen LogP contribution in [0.15, 0.2) is 0 Å². The largest absolute Gasteiger partial charge is 0.375 e. The number of hydrogen-bond donors (Lipinski definition) is 0. The Morgan fingerprint density at radius 3 is 1.07 bits per heavy atom. The van der Waals surface area contributed by atoms with E-state index in [-0.39, 0.29) is 16.8 Å². The molecule has 4 aliphatic carbocycles. The smallest absolute Gasteiger partial charge is 0.132 e. The van der Waals surface area contributed by atoms with E-state index in [4.69, 9.17) is 14.2 Å². The molecule has 0 radical (unpaired) electrons. The zero-order valence-electron chi connectivity index (χ0n) is 26.0. The van der Waals surface area contributed by atoms with E-state index in [1.807, 2.05) is 0 Å². The van der Waals surface area contributed by atoms with Gasteiger partial charge in [-0.15, -0.1) is 0 Å². The molecule has 0 aromatic heterocycles. The van der Waals surface area contributed by atoms with Gasteiger partial charge >= 0.3 is 0 Å². The second-order valence-corrected chi connectivity index (χ2v) is 13.3. The minimum Gasteiger partial charge on any atom is -0.375 e. The van der Waals surface area contributed by atoms with E-state index in [0.29, 0.717) is 81.6 Å². The average molecular weight is 563 g/mol. The number of carbonyl (C=O) groups is 3. The van der Waals surface area contributed by atoms with Crippen LogP contribution in [-0.4, -0.2) is 54.0 Å². The maximum atomic E-state index is 11.9. The molecular formula is C34H58O6. The molecule has 0 N–H and O–H groups in total. The summed E-state index contributed by atoms with van der Waals surface area (Å²) in [5.41, 5.74) is -0.622. The van der Waals surface area contributed by atoms with Crippen LogP contribution in [0.25, 0.3) is 0 Å². The summed E-state index contributed by atoms with van der Waals surface area (Å²) in [5.74, 6) is 1.64. The molecule has 0 heterocycles. The number of carbonyl (C=O) groups excluding carboxylic acids is 3. The van der Waals surface area contributed by atoms with Crippen molar-refractivity contribution in [2.24, 2.45) is 5.92 Å². The number of Topliss-reactive ketones (excluding diaryl/α,β-unsaturated/α-hetero) is 3. The Hall–Kier alpha value is -1.11. The van der Waals surface area contributed by atoms with Gasteiger partial charge in [0.1, 0.15) is 17.3 Å². The summed E-state index contributed by atoms with van der Waals surface area (Å²) >= 11 is 0. The molecule has 4 bridgehead atoms. The van der Waals surface area contributed by atoms with E-state index in [1.54, 1.807) is 0 Å². The minimum atomic E-state index is -0.207. The Labute approximate surface area is 244 Å². The Kier molecular flexibility index (Phi) is 13.8. The summed E-state index contributed by atoms with van der Waals surface area (Å²) in [6.07, 6.45) is 18.3. The van der Waals surface area contributed by atoms with Gasteiger partial charge in [-0.3, -0.25) is 14.4 Å². The van der Waals surface area contributed by atoms with Crippen LogP contribution in [0.5, 0.6) is 0 Å². The average Bonchev–Trinajstić information content (AvgIpc) is 2.87. The molecule has 6 nitrogen and oxygen atoms in total. The lowest BCUT2D eigenvalue weighted by atomic mass is 9.50. The summed E-state index contributed by atoms with van der Waals surface area (Å²) in [4.78, 5) is 35.8. The summed E-state index contributed by atoms with van der Waals surface area (Å²) in [6, 6.07) is 0. The second-order valence-electron chi connectivity index (χ2n) is 13.3. The highest BCUT2D eigenvalue weighted by molar-refractivity contribution is 5.78. The van der Waals surface area contributed by atoms with E-state index < -0.39 is 0 Å². The van der Waals surface area contributed by atoms with Gasteiger partial charge in [0, 0.05) is 77.6 Å². The Bertz CT molecular complexity index is 694. The number of hydrogen-bond acceptors (Lipinski definition) is 6. The van der Waals surface area contributed by atoms with Crippen molar-refractivity contribution in [3.8, 4) is 0 Å². The summed E-state index contributed by atoms with van der Waals surface area (Å²) in [5, 5.41) is 0. The quantitative estimate of drug-likeness (QED) is 0.111. The standard InChI is InChI=1S/C34H58O6/c1-4-13-29(35)16-7-10-19-38-32-22-28-23-33(25-32,39-20-11-8-17-30(36)14-5-2)27-34(24-28,26-32)40-21-12-9-18-31(37)15-6-3/h28H,4-27H2,1-3H3. The van der Waals surface area contributed by atoms with Crippen LogP contribution in [0.3, 0.4) is 0 Å². The van der Waals surface area contributed by atoms with Gasteiger partial charge in [0.25, 0.3) is 0 Å². The van der Waals surface area contributed by atoms with Crippen LogP contribution in [0, 0.1) is 5.92 Å². The molecule has 4 rings (SSSR count). The number of ketones is 3. The van der Waals surface area contributed by atoms with Crippen molar-refractivity contribution in [2.45, 2.75) is 172 Å². The zero-order chi connectivity index (χ0) is 28.9. The van der Waals surface area contributed by atoms with E-state index in [0.717, 1.165) is 96.3 Å². The van der Waals surface area contributed by atoms with Crippen molar-refractivity contribution >= 4 is 17.3 Å². The molecule has 6 heteroatoms. The maximum Gasteiger partial charge on any atom is 0.132 e. The highest BCUT2D eigenvalue weighted by atomic mass is 16.5. The monoisotopic (exact) mass is 562 g/mol. The van der Waals surface area contributed by atoms with Gasteiger partial charge in [-0.2, -0.15) is 0 Å². The fraction of sp³-hybridized carbons (Fsp3) is 0.912. The van der Waals surface area contributed by atoms with Crippen molar-refractivity contribution in [3.63, 3.8) is 0 Å². The first-order valence-corrected chi connectivity index (χ1v) is 16.7. The highest BCUT2D eigenvalue weighted by Gasteiger charge is 2.65. The van der Waals surface area contributed by atoms with Crippen molar-refractivity contribution in [1.82, 2.24) is 0 Å². The first-order valence-electron chi connectivity index (χ1n) is 16.7. The van der Waals surface area contributed by atoms with Crippen LogP contribution in [0.1, 0.15) is 156 Å². The Morgan fingerprint density at radius 1 is 0.500 bits per heavy atom. The predicted octanol–water partition coefficient (Wildman–Crippen LogP) is 7.87. The van der Waals surface area contributed by atoms with E-state index in [1.165, 1.54) is 0 Å². The van der Waals surface area contributed by atoms with Crippen LogP contribution in [0.2, 0.25) is 0 Å². The molecule has 0 aromatic rings. The van der Waals surface area contributed by atoms with E-state index >= 15 is 0 Å². The molecular weight excluding hydrogens is 504 g/mol. The topological polar surface area (TPSA) is 78.9 Å². The summed E-state index contributed by atoms with van der Waals surface area (Å²) < 4.78 is 20.2. The third-order valence-corrected chi connectivity index (χ3v) is 9.28. The number of rotatable bonds is 24. The highest BCUT2D eigenvalue weighted by Crippen LogP contribution is 2.63. The molecule has 0 aromatic carbocycles. The third kappa shape index (κ3) is 10.3. The first kappa shape index (κ1) is 33.4. The van der Waals surface area contributed by atoms with Gasteiger partial charge in [0.05, 0.1) is 16.8 Å². The molecule has 4 saturated carbocycles. The van der Waals surface area contributed by atoms with Crippen molar-refractivity contribution in [1.29, 1.82) is 0 Å². The lowest BCUT2D eigenvalue weighted by molar-refractivity contribution is -0.291. The van der Waals surface area contributed by atoms with Gasteiger partial charge in [-0.25, -0.2) is 0 Å². The molecule has 40 heavy (non-hydrogen) atoms. The van der Waals surface area contributed by atoms with Crippen molar-refractivity contribution in [2.75, 3.05) is 19.8 Å². The third-order valence-electron chi connectivity index (χ3n) is 9.28. The molecule has 0 spiro atoms. The zero-order valence-corrected chi connectivity index (χ0v) is 26.0. The first-order chi connectivity index (χ1) is 19.3. The predicted molar refractivity (Wildman–Crippen MR) is 159 cm³/mol. The number of ether oxygens (including phenoxy) is 3. The van der Waals surface area contributed by atoms with Gasteiger partial charge in [0.15, 0.2) is 0 Å². The van der Waals surface area contributed by atoms with E-state index in [9.17, 15) is 14.4 Å². The molecule has 4 aliphatic rings. The van der Waals surface area contributed by atoms with Crippen LogP contribution >= 0.6 is 0 Å². The molecule has 0 atom stereocenters. The number of unbranched alkanes of at least 4 members (excludes halogenated alkanes) is 3. The van der Waals surface area contributed by atoms with Crippen LogP contribution in [0.4, 0.5) is 0 Å². The lowest BCUT2D eigenvalue weighted by Gasteiger charge is -2.65. The van der Waals surface area contributed by atoms with Crippen LogP contribution in [-0.2, 0) is 28.6 Å². The SMILES string of the molecule is CCCC(=O)CCCCOC12CC3CC(OCCCCC(=O)CCC)(C1)CC(OCCCCC(=O)CCC)(C3)C2. The Morgan fingerprint density at radius 2 is 0.800 bits per heavy atom. The summed E-state index contributed by atoms with van der Waals surface area (Å²) in [7, 11) is 0. The fourth-order valence-corrected chi connectivity index (χ4v) is 8.01.